The van der Waals surface area contributed by atoms with Crippen molar-refractivity contribution in [3.8, 4) is 0 Å². The number of alkyl halides is 3. The summed E-state index contributed by atoms with van der Waals surface area (Å²) in [6.45, 7) is 1.09. The molecule has 0 bridgehead atoms. The van der Waals surface area contributed by atoms with Crippen molar-refractivity contribution >= 4 is 17.5 Å². The van der Waals surface area contributed by atoms with Gasteiger partial charge in [0.25, 0.3) is 5.91 Å². The van der Waals surface area contributed by atoms with Crippen LogP contribution in [-0.2, 0) is 15.7 Å². The molecule has 4 atom stereocenters. The minimum absolute atomic E-state index is 0.0257. The van der Waals surface area contributed by atoms with E-state index in [0.717, 1.165) is 48.3 Å². The molecule has 2 fully saturated rings. The number of ether oxygens (including phenoxy) is 1. The fourth-order valence-corrected chi connectivity index (χ4v) is 6.12. The number of hydrogen-bond donors (Lipinski definition) is 2. The number of para-hydroxylation sites is 1. The monoisotopic (exact) mass is 527 g/mol. The van der Waals surface area contributed by atoms with Gasteiger partial charge in [-0.1, -0.05) is 31.0 Å². The lowest BCUT2D eigenvalue weighted by molar-refractivity contribution is -0.139. The summed E-state index contributed by atoms with van der Waals surface area (Å²) in [5.74, 6) is -0.681. The zero-order valence-electron chi connectivity index (χ0n) is 21.3. The number of rotatable bonds is 5. The maximum Gasteiger partial charge on any atom is 0.416 e. The highest BCUT2D eigenvalue weighted by Gasteiger charge is 2.46. The Kier molecular flexibility index (Phi) is 7.47. The van der Waals surface area contributed by atoms with Crippen molar-refractivity contribution in [3.63, 3.8) is 0 Å². The van der Waals surface area contributed by atoms with Gasteiger partial charge in [0.1, 0.15) is 0 Å². The minimum Gasteiger partial charge on any atom is -0.381 e. The largest absolute Gasteiger partial charge is 0.416 e. The Morgan fingerprint density at radius 2 is 1.82 bits per heavy atom. The van der Waals surface area contributed by atoms with Crippen molar-refractivity contribution in [1.29, 1.82) is 0 Å². The van der Waals surface area contributed by atoms with Crippen LogP contribution in [0, 0.1) is 11.8 Å². The summed E-state index contributed by atoms with van der Waals surface area (Å²) < 4.78 is 44.0. The van der Waals surface area contributed by atoms with Crippen LogP contribution >= 0.6 is 0 Å². The zero-order valence-corrected chi connectivity index (χ0v) is 21.3. The molecule has 202 valence electrons. The highest BCUT2D eigenvalue weighted by Crippen LogP contribution is 2.48. The summed E-state index contributed by atoms with van der Waals surface area (Å²) in [5, 5.41) is 6.49. The molecule has 0 radical (unpaired) electrons. The fraction of sp³-hybridized carbons (Fsp3) is 0.448. The van der Waals surface area contributed by atoms with E-state index in [4.69, 9.17) is 4.74 Å². The first-order valence-corrected chi connectivity index (χ1v) is 13.1. The summed E-state index contributed by atoms with van der Waals surface area (Å²) in [6.07, 6.45) is 1.48. The summed E-state index contributed by atoms with van der Waals surface area (Å²) in [7, 11) is 1.65. The average molecular weight is 528 g/mol. The topological polar surface area (TPSA) is 70.7 Å². The quantitative estimate of drug-likeness (QED) is 0.536. The van der Waals surface area contributed by atoms with Gasteiger partial charge in [0.15, 0.2) is 0 Å². The van der Waals surface area contributed by atoms with E-state index in [9.17, 15) is 22.8 Å². The Labute approximate surface area is 220 Å². The number of halogens is 3. The van der Waals surface area contributed by atoms with Gasteiger partial charge in [0, 0.05) is 42.6 Å². The van der Waals surface area contributed by atoms with Crippen molar-refractivity contribution in [1.82, 2.24) is 10.2 Å². The molecule has 2 aromatic rings. The highest BCUT2D eigenvalue weighted by molar-refractivity contribution is 5.95. The smallest absolute Gasteiger partial charge is 0.381 e. The lowest BCUT2D eigenvalue weighted by atomic mass is 9.82. The molecule has 3 aliphatic rings. The van der Waals surface area contributed by atoms with Gasteiger partial charge in [-0.25, -0.2) is 0 Å². The molecular formula is C29H32F3N3O3. The number of fused-ring (bicyclic) bond motifs is 3. The Morgan fingerprint density at radius 3 is 2.55 bits per heavy atom. The third-order valence-corrected chi connectivity index (χ3v) is 7.98. The highest BCUT2D eigenvalue weighted by atomic mass is 19.4. The molecular weight excluding hydrogens is 495 g/mol. The van der Waals surface area contributed by atoms with Crippen LogP contribution in [0.4, 0.5) is 18.9 Å². The SMILES string of the molecule is COC/C=C1\Nc2ccccc2[C@H]2[C@@H]1CCN2C(=O)[C@H]1CCCC[C@H]1NC(=O)c1ccc(C(F)(F)F)cc1. The van der Waals surface area contributed by atoms with E-state index in [0.29, 0.717) is 26.0 Å². The molecule has 1 saturated carbocycles. The molecule has 0 unspecified atom stereocenters. The van der Waals surface area contributed by atoms with Crippen molar-refractivity contribution in [2.45, 2.75) is 50.4 Å². The minimum atomic E-state index is -4.46. The Balaban J connectivity index is 1.35. The molecule has 0 spiro atoms. The maximum atomic E-state index is 14.1. The lowest BCUT2D eigenvalue weighted by Gasteiger charge is -2.39. The molecule has 5 rings (SSSR count). The van der Waals surface area contributed by atoms with Gasteiger partial charge in [0.05, 0.1) is 24.1 Å². The van der Waals surface area contributed by atoms with Crippen LogP contribution in [-0.4, -0.2) is 43.0 Å². The summed E-state index contributed by atoms with van der Waals surface area (Å²) in [5.41, 5.74) is 2.47. The molecule has 2 N–H and O–H groups in total. The predicted molar refractivity (Wildman–Crippen MR) is 137 cm³/mol. The second kappa shape index (κ2) is 10.8. The lowest BCUT2D eigenvalue weighted by Crippen LogP contribution is -2.50. The summed E-state index contributed by atoms with van der Waals surface area (Å²) >= 11 is 0. The fourth-order valence-electron chi connectivity index (χ4n) is 6.12. The van der Waals surface area contributed by atoms with Gasteiger partial charge in [-0.2, -0.15) is 13.2 Å². The maximum absolute atomic E-state index is 14.1. The van der Waals surface area contributed by atoms with Gasteiger partial charge < -0.3 is 20.3 Å². The molecule has 2 aliphatic heterocycles. The molecule has 38 heavy (non-hydrogen) atoms. The van der Waals surface area contributed by atoms with Gasteiger partial charge in [-0.15, -0.1) is 0 Å². The summed E-state index contributed by atoms with van der Waals surface area (Å²) in [4.78, 5) is 29.0. The summed E-state index contributed by atoms with van der Waals surface area (Å²) in [6, 6.07) is 11.7. The van der Waals surface area contributed by atoms with E-state index in [-0.39, 0.29) is 35.4 Å². The number of carbonyl (C=O) groups is 2. The van der Waals surface area contributed by atoms with Crippen molar-refractivity contribution in [3.05, 3.63) is 77.0 Å². The van der Waals surface area contributed by atoms with Gasteiger partial charge in [0.2, 0.25) is 5.91 Å². The molecule has 6 nitrogen and oxygen atoms in total. The van der Waals surface area contributed by atoms with E-state index in [1.807, 2.05) is 29.2 Å². The Bertz CT molecular complexity index is 1210. The van der Waals surface area contributed by atoms with Crippen LogP contribution in [0.3, 0.4) is 0 Å². The molecule has 9 heteroatoms. The predicted octanol–water partition coefficient (Wildman–Crippen LogP) is 5.54. The van der Waals surface area contributed by atoms with Crippen LogP contribution in [0.2, 0.25) is 0 Å². The van der Waals surface area contributed by atoms with Crippen molar-refractivity contribution in [2.24, 2.45) is 11.8 Å². The Morgan fingerprint density at radius 1 is 1.08 bits per heavy atom. The number of amides is 2. The molecule has 0 aromatic heterocycles. The van der Waals surface area contributed by atoms with Gasteiger partial charge in [-0.05, 0) is 61.2 Å². The molecule has 1 aliphatic carbocycles. The van der Waals surface area contributed by atoms with E-state index >= 15 is 0 Å². The number of methoxy groups -OCH3 is 1. The molecule has 2 aromatic carbocycles. The van der Waals surface area contributed by atoms with E-state index in [2.05, 4.69) is 16.7 Å². The Hall–Kier alpha value is -3.33. The molecule has 2 heterocycles. The van der Waals surface area contributed by atoms with Crippen LogP contribution in [0.1, 0.15) is 59.6 Å². The second-order valence-corrected chi connectivity index (χ2v) is 10.2. The first kappa shape index (κ1) is 26.3. The van der Waals surface area contributed by atoms with Crippen LogP contribution in [0.5, 0.6) is 0 Å². The zero-order chi connectivity index (χ0) is 26.9. The van der Waals surface area contributed by atoms with Gasteiger partial charge in [-0.3, -0.25) is 9.59 Å². The first-order chi connectivity index (χ1) is 18.3. The number of anilines is 1. The van der Waals surface area contributed by atoms with E-state index < -0.39 is 17.6 Å². The van der Waals surface area contributed by atoms with Gasteiger partial charge >= 0.3 is 6.18 Å². The number of carbonyl (C=O) groups excluding carboxylic acids is 2. The van der Waals surface area contributed by atoms with E-state index in [1.165, 1.54) is 12.1 Å². The second-order valence-electron chi connectivity index (χ2n) is 10.2. The standard InChI is InChI=1S/C29H32F3N3O3/c1-38-17-15-25-21-14-16-35(26(21)20-6-2-4-8-23(20)33-25)28(37)22-7-3-5-9-24(22)34-27(36)18-10-12-19(13-11-18)29(30,31)32/h2,4,6,8,10-13,15,21-22,24,26,33H,3,5,7,9,14,16-17H2,1H3,(H,34,36)/b25-15-/t21-,22+,24-,26+/m1/s1. The number of benzene rings is 2. The van der Waals surface area contributed by atoms with Crippen LogP contribution in [0.15, 0.2) is 60.3 Å². The van der Waals surface area contributed by atoms with Crippen molar-refractivity contribution < 1.29 is 27.5 Å². The van der Waals surface area contributed by atoms with Crippen LogP contribution in [0.25, 0.3) is 0 Å². The third kappa shape index (κ3) is 5.16. The number of nitrogens with zero attached hydrogens (tertiary/aromatic N) is 1. The number of nitrogens with one attached hydrogen (secondary N) is 2. The third-order valence-electron chi connectivity index (χ3n) is 7.98. The first-order valence-electron chi connectivity index (χ1n) is 13.1. The van der Waals surface area contributed by atoms with Crippen molar-refractivity contribution in [2.75, 3.05) is 25.6 Å². The number of hydrogen-bond acceptors (Lipinski definition) is 4. The van der Waals surface area contributed by atoms with Crippen LogP contribution < -0.4 is 10.6 Å². The molecule has 2 amide bonds. The molecule has 1 saturated heterocycles. The van der Waals surface area contributed by atoms with E-state index in [1.54, 1.807) is 7.11 Å². The average Bonchev–Trinajstić information content (AvgIpc) is 3.37. The normalized spacial score (nSPS) is 25.9. The number of likely N-dealkylation sites (tertiary alicyclic amines) is 1.